The fraction of sp³-hybridized carbons (Fsp3) is 0.0625. The summed E-state index contributed by atoms with van der Waals surface area (Å²) in [7, 11) is -0.112. The summed E-state index contributed by atoms with van der Waals surface area (Å²) < 4.78 is 10.7. The Labute approximate surface area is 122 Å². The summed E-state index contributed by atoms with van der Waals surface area (Å²) in [4.78, 5) is 2.30. The Morgan fingerprint density at radius 3 is 2.95 bits per heavy atom. The van der Waals surface area contributed by atoms with Crippen LogP contribution in [0.15, 0.2) is 54.9 Å². The molecule has 0 atom stereocenters. The van der Waals surface area contributed by atoms with Crippen LogP contribution in [0.4, 0.5) is 11.4 Å². The minimum Gasteiger partial charge on any atom is -0.500 e. The SMILES string of the molecule is c1ccc2c(c1)OB1N2c2cccc3c2-c2n(cc[n+]21)C3. The number of para-hydroxylation sites is 2. The fourth-order valence-corrected chi connectivity index (χ4v) is 3.85. The molecule has 0 fully saturated rings. The van der Waals surface area contributed by atoms with Crippen LogP contribution in [0.1, 0.15) is 5.56 Å². The Morgan fingerprint density at radius 2 is 1.95 bits per heavy atom. The molecule has 4 heterocycles. The van der Waals surface area contributed by atoms with Crippen LogP contribution in [0, 0.1) is 0 Å². The van der Waals surface area contributed by atoms with Gasteiger partial charge in [-0.2, -0.15) is 0 Å². The van der Waals surface area contributed by atoms with Crippen molar-refractivity contribution >= 4 is 18.6 Å². The van der Waals surface area contributed by atoms with Crippen LogP contribution in [-0.2, 0) is 6.54 Å². The molecule has 0 aliphatic carbocycles. The van der Waals surface area contributed by atoms with Crippen molar-refractivity contribution in [3.05, 3.63) is 60.4 Å². The summed E-state index contributed by atoms with van der Waals surface area (Å²) in [6.07, 6.45) is 4.27. The van der Waals surface area contributed by atoms with E-state index in [0.29, 0.717) is 0 Å². The van der Waals surface area contributed by atoms with E-state index in [0.717, 1.165) is 18.0 Å². The minimum atomic E-state index is -0.112. The first-order valence-electron chi connectivity index (χ1n) is 7.19. The second-order valence-electron chi connectivity index (χ2n) is 5.75. The van der Waals surface area contributed by atoms with Gasteiger partial charge in [-0.25, -0.2) is 9.05 Å². The first-order valence-corrected chi connectivity index (χ1v) is 7.19. The van der Waals surface area contributed by atoms with Crippen LogP contribution in [0.25, 0.3) is 11.4 Å². The molecule has 3 aromatic rings. The van der Waals surface area contributed by atoms with Gasteiger partial charge in [0.2, 0.25) is 0 Å². The van der Waals surface area contributed by atoms with Crippen LogP contribution in [0.3, 0.4) is 0 Å². The Bertz CT molecular complexity index is 933. The van der Waals surface area contributed by atoms with Crippen molar-refractivity contribution < 1.29 is 9.13 Å². The molecule has 0 N–H and O–H groups in total. The van der Waals surface area contributed by atoms with Gasteiger partial charge in [0.25, 0.3) is 5.82 Å². The summed E-state index contributed by atoms with van der Waals surface area (Å²) in [6, 6.07) is 14.8. The van der Waals surface area contributed by atoms with Gasteiger partial charge >= 0.3 is 7.19 Å². The van der Waals surface area contributed by atoms with Gasteiger partial charge in [0.1, 0.15) is 24.7 Å². The minimum absolute atomic E-state index is 0.112. The maximum atomic E-state index is 6.21. The third-order valence-electron chi connectivity index (χ3n) is 4.69. The van der Waals surface area contributed by atoms with Gasteiger partial charge in [0.15, 0.2) is 0 Å². The van der Waals surface area contributed by atoms with Crippen molar-refractivity contribution in [2.24, 2.45) is 0 Å². The van der Waals surface area contributed by atoms with Crippen LogP contribution < -0.4 is 13.9 Å². The van der Waals surface area contributed by atoms with Gasteiger partial charge in [-0.1, -0.05) is 24.3 Å². The maximum absolute atomic E-state index is 6.21. The number of aromatic nitrogens is 2. The molecule has 1 aromatic heterocycles. The molecule has 98 valence electrons. The lowest BCUT2D eigenvalue weighted by atomic mass is 9.89. The summed E-state index contributed by atoms with van der Waals surface area (Å²) in [5.41, 5.74) is 5.13. The number of imidazole rings is 1. The molecule has 3 aliphatic heterocycles. The monoisotopic (exact) mass is 272 g/mol. The summed E-state index contributed by atoms with van der Waals surface area (Å²) in [5, 5.41) is 0. The van der Waals surface area contributed by atoms with Crippen molar-refractivity contribution in [1.82, 2.24) is 4.57 Å². The van der Waals surface area contributed by atoms with E-state index < -0.39 is 0 Å². The predicted molar refractivity (Wildman–Crippen MR) is 79.5 cm³/mol. The number of fused-ring (bicyclic) bond motifs is 5. The molecule has 0 radical (unpaired) electrons. The molecule has 0 saturated carbocycles. The van der Waals surface area contributed by atoms with Gasteiger partial charge in [0.05, 0.1) is 16.9 Å². The van der Waals surface area contributed by atoms with Crippen LogP contribution in [0.5, 0.6) is 5.75 Å². The molecule has 0 spiro atoms. The van der Waals surface area contributed by atoms with Crippen molar-refractivity contribution in [2.45, 2.75) is 6.54 Å². The molecule has 21 heavy (non-hydrogen) atoms. The average molecular weight is 272 g/mol. The molecule has 0 amide bonds. The molecule has 0 unspecified atom stereocenters. The van der Waals surface area contributed by atoms with Crippen molar-refractivity contribution in [1.29, 1.82) is 0 Å². The highest BCUT2D eigenvalue weighted by atomic mass is 16.5. The molecule has 2 aromatic carbocycles. The zero-order valence-corrected chi connectivity index (χ0v) is 11.2. The van der Waals surface area contributed by atoms with E-state index in [1.807, 2.05) is 12.1 Å². The molecule has 3 aliphatic rings. The molecule has 4 nitrogen and oxygen atoms in total. The van der Waals surface area contributed by atoms with Gasteiger partial charge in [-0.15, -0.1) is 0 Å². The summed E-state index contributed by atoms with van der Waals surface area (Å²) in [5.74, 6) is 2.21. The molecular weight excluding hydrogens is 261 g/mol. The third-order valence-corrected chi connectivity index (χ3v) is 4.69. The van der Waals surface area contributed by atoms with E-state index in [1.165, 1.54) is 22.6 Å². The van der Waals surface area contributed by atoms with Crippen LogP contribution in [-0.4, -0.2) is 11.8 Å². The lowest BCUT2D eigenvalue weighted by Gasteiger charge is -2.24. The summed E-state index contributed by atoms with van der Waals surface area (Å²) >= 11 is 0. The van der Waals surface area contributed by atoms with E-state index in [1.54, 1.807) is 0 Å². The lowest BCUT2D eigenvalue weighted by molar-refractivity contribution is -0.535. The Morgan fingerprint density at radius 1 is 1.05 bits per heavy atom. The van der Waals surface area contributed by atoms with Crippen LogP contribution in [0.2, 0.25) is 0 Å². The number of hydrogen-bond acceptors (Lipinski definition) is 2. The topological polar surface area (TPSA) is 21.3 Å². The summed E-state index contributed by atoms with van der Waals surface area (Å²) in [6.45, 7) is 0.952. The zero-order valence-electron chi connectivity index (χ0n) is 11.2. The molecule has 6 rings (SSSR count). The Hall–Kier alpha value is -2.69. The first kappa shape index (κ1) is 10.1. The quantitative estimate of drug-likeness (QED) is 0.457. The van der Waals surface area contributed by atoms with Crippen LogP contribution >= 0.6 is 0 Å². The highest BCUT2D eigenvalue weighted by molar-refractivity contribution is 6.54. The van der Waals surface area contributed by atoms with Crippen molar-refractivity contribution in [3.8, 4) is 17.1 Å². The maximum Gasteiger partial charge on any atom is 0.754 e. The molecular formula is C16H11BN3O+. The molecule has 5 heteroatoms. The smallest absolute Gasteiger partial charge is 0.500 e. The Kier molecular flexibility index (Phi) is 1.51. The van der Waals surface area contributed by atoms with Gasteiger partial charge < -0.3 is 4.65 Å². The van der Waals surface area contributed by atoms with E-state index in [9.17, 15) is 0 Å². The number of anilines is 2. The molecule has 0 saturated heterocycles. The third kappa shape index (κ3) is 1.01. The number of rotatable bonds is 0. The lowest BCUT2D eigenvalue weighted by Crippen LogP contribution is -2.64. The first-order chi connectivity index (χ1) is 10.4. The standard InChI is InChI=1S/C16H11BN3O/c1-2-7-14-12(5-1)20-13-6-3-4-11-10-18-8-9-19(17(20)21-14)16(18)15(11)13/h1-9H,10H2/q+1. The molecule has 0 bridgehead atoms. The largest absolute Gasteiger partial charge is 0.754 e. The van der Waals surface area contributed by atoms with Crippen molar-refractivity contribution in [2.75, 3.05) is 4.81 Å². The van der Waals surface area contributed by atoms with Crippen molar-refractivity contribution in [3.63, 3.8) is 0 Å². The van der Waals surface area contributed by atoms with Gasteiger partial charge in [-0.05, 0) is 18.2 Å². The average Bonchev–Trinajstić information content (AvgIpc) is 3.17. The van der Waals surface area contributed by atoms with E-state index in [-0.39, 0.29) is 7.19 Å². The highest BCUT2D eigenvalue weighted by Gasteiger charge is 2.54. The zero-order chi connectivity index (χ0) is 13.6. The van der Waals surface area contributed by atoms with E-state index in [2.05, 4.69) is 56.6 Å². The second-order valence-corrected chi connectivity index (χ2v) is 5.75. The highest BCUT2D eigenvalue weighted by Crippen LogP contribution is 2.48. The van der Waals surface area contributed by atoms with Gasteiger partial charge in [0, 0.05) is 5.56 Å². The van der Waals surface area contributed by atoms with E-state index >= 15 is 0 Å². The predicted octanol–water partition coefficient (Wildman–Crippen LogP) is 2.18. The van der Waals surface area contributed by atoms with Gasteiger partial charge in [-0.3, -0.25) is 4.81 Å². The number of benzene rings is 2. The van der Waals surface area contributed by atoms with E-state index in [4.69, 9.17) is 4.65 Å². The Balaban J connectivity index is 1.75. The number of hydrogen-bond donors (Lipinski definition) is 0. The normalized spacial score (nSPS) is 15.6. The second kappa shape index (κ2) is 3.14. The fourth-order valence-electron chi connectivity index (χ4n) is 3.85. The number of nitrogens with zero attached hydrogens (tertiary/aromatic N) is 3.